The largest absolute Gasteiger partial charge is 0.417 e. The average molecular weight is 606 g/mol. The lowest BCUT2D eigenvalue weighted by atomic mass is 9.78. The van der Waals surface area contributed by atoms with E-state index in [2.05, 4.69) is 20.6 Å². The summed E-state index contributed by atoms with van der Waals surface area (Å²) in [4.78, 5) is 34.8. The number of nitrogens with zero attached hydrogens (tertiary/aromatic N) is 3. The number of pyridine rings is 1. The Balaban J connectivity index is 2.04. The number of aromatic nitrogens is 1. The summed E-state index contributed by atoms with van der Waals surface area (Å²) >= 11 is 5.37. The topological polar surface area (TPSA) is 107 Å². The zero-order valence-electron chi connectivity index (χ0n) is 23.8. The van der Waals surface area contributed by atoms with Crippen LogP contribution in [0.5, 0.6) is 0 Å². The zero-order chi connectivity index (χ0) is 31.1. The summed E-state index contributed by atoms with van der Waals surface area (Å²) in [5, 5.41) is 15.6. The first-order valence-corrected chi connectivity index (χ1v) is 13.7. The van der Waals surface area contributed by atoms with Gasteiger partial charge in [0.15, 0.2) is 6.04 Å². The minimum absolute atomic E-state index is 0.0265. The molecule has 1 aromatic rings. The van der Waals surface area contributed by atoms with E-state index in [1.807, 2.05) is 6.92 Å². The van der Waals surface area contributed by atoms with Crippen LogP contribution in [0.25, 0.3) is 0 Å². The minimum Gasteiger partial charge on any atom is -0.388 e. The maximum atomic E-state index is 14.3. The molecule has 2 fully saturated rings. The second-order valence-corrected chi connectivity index (χ2v) is 12.3. The fourth-order valence-corrected chi connectivity index (χ4v) is 4.98. The summed E-state index contributed by atoms with van der Waals surface area (Å²) in [5.74, 6) is -5.10. The predicted octanol–water partition coefficient (Wildman–Crippen LogP) is 4.53. The molecule has 1 saturated carbocycles. The molecule has 1 aliphatic carbocycles. The Morgan fingerprint density at radius 3 is 2.34 bits per heavy atom. The van der Waals surface area contributed by atoms with Crippen molar-refractivity contribution in [1.82, 2.24) is 15.2 Å². The van der Waals surface area contributed by atoms with Gasteiger partial charge in [0.2, 0.25) is 0 Å². The fraction of sp³-hybridized carbons (Fsp3) is 0.667. The third kappa shape index (κ3) is 7.76. The molecular weight excluding hydrogens is 569 g/mol. The van der Waals surface area contributed by atoms with E-state index in [0.717, 1.165) is 36.4 Å². The number of rotatable bonds is 9. The van der Waals surface area contributed by atoms with Crippen LogP contribution in [-0.2, 0) is 15.8 Å². The first-order chi connectivity index (χ1) is 18.6. The second kappa shape index (κ2) is 11.5. The minimum atomic E-state index is -4.90. The highest BCUT2D eigenvalue weighted by atomic mass is 32.1. The third-order valence-corrected chi connectivity index (χ3v) is 8.16. The SMILES string of the molecule is CC(=NC(C(=O)N1CC(F)(F)C[C@@H]1C)C(=S)c1cnc(NC2(C)CCC2)cc1C(F)(F)F)C(=O)N[C@@H](C)C(C)(C)O. The molecular formula is C27H36F5N5O3S. The lowest BCUT2D eigenvalue weighted by molar-refractivity contribution is -0.138. The molecule has 0 aromatic carbocycles. The fourth-order valence-electron chi connectivity index (χ4n) is 4.66. The van der Waals surface area contributed by atoms with Crippen molar-refractivity contribution in [2.45, 2.75) is 109 Å². The summed E-state index contributed by atoms with van der Waals surface area (Å²) in [5.41, 5.74) is -3.85. The van der Waals surface area contributed by atoms with Crippen LogP contribution in [0.15, 0.2) is 17.3 Å². The molecule has 3 rings (SSSR count). The van der Waals surface area contributed by atoms with E-state index in [-0.39, 0.29) is 11.5 Å². The first kappa shape index (κ1) is 32.8. The van der Waals surface area contributed by atoms with Crippen molar-refractivity contribution in [3.8, 4) is 0 Å². The van der Waals surface area contributed by atoms with Gasteiger partial charge in [0, 0.05) is 29.8 Å². The third-order valence-electron chi connectivity index (χ3n) is 7.71. The van der Waals surface area contributed by atoms with Crippen molar-refractivity contribution in [3.63, 3.8) is 0 Å². The lowest BCUT2D eigenvalue weighted by Crippen LogP contribution is -2.49. The monoisotopic (exact) mass is 605 g/mol. The Bertz CT molecular complexity index is 1230. The van der Waals surface area contributed by atoms with Crippen LogP contribution < -0.4 is 10.6 Å². The summed E-state index contributed by atoms with van der Waals surface area (Å²) in [7, 11) is 0. The molecule has 8 nitrogen and oxygen atoms in total. The van der Waals surface area contributed by atoms with Crippen LogP contribution in [0.1, 0.15) is 78.4 Å². The van der Waals surface area contributed by atoms with Gasteiger partial charge in [-0.3, -0.25) is 14.6 Å². The number of hydrogen-bond acceptors (Lipinski definition) is 7. The molecule has 3 atom stereocenters. The van der Waals surface area contributed by atoms with E-state index < -0.39 is 82.1 Å². The Morgan fingerprint density at radius 1 is 1.27 bits per heavy atom. The molecule has 1 saturated heterocycles. The lowest BCUT2D eigenvalue weighted by Gasteiger charge is -2.39. The summed E-state index contributed by atoms with van der Waals surface area (Å²) < 4.78 is 71.1. The molecule has 1 unspecified atom stereocenters. The zero-order valence-corrected chi connectivity index (χ0v) is 24.6. The summed E-state index contributed by atoms with van der Waals surface area (Å²) in [6, 6.07) is -2.81. The second-order valence-electron chi connectivity index (χ2n) is 11.9. The summed E-state index contributed by atoms with van der Waals surface area (Å²) in [6.45, 7) is 7.94. The van der Waals surface area contributed by atoms with Crippen LogP contribution in [0.4, 0.5) is 27.8 Å². The number of alkyl halides is 5. The number of aliphatic hydroxyl groups is 1. The smallest absolute Gasteiger partial charge is 0.388 e. The van der Waals surface area contributed by atoms with E-state index in [9.17, 15) is 36.6 Å². The molecule has 41 heavy (non-hydrogen) atoms. The molecule has 0 spiro atoms. The van der Waals surface area contributed by atoms with Gasteiger partial charge in [-0.15, -0.1) is 0 Å². The Morgan fingerprint density at radius 2 is 1.88 bits per heavy atom. The number of hydrogen-bond donors (Lipinski definition) is 3. The van der Waals surface area contributed by atoms with Crippen molar-refractivity contribution in [3.05, 3.63) is 23.4 Å². The van der Waals surface area contributed by atoms with E-state index in [1.54, 1.807) is 0 Å². The van der Waals surface area contributed by atoms with E-state index in [1.165, 1.54) is 34.6 Å². The van der Waals surface area contributed by atoms with Crippen LogP contribution in [-0.4, -0.2) is 79.1 Å². The maximum Gasteiger partial charge on any atom is 0.417 e. The van der Waals surface area contributed by atoms with Gasteiger partial charge in [-0.1, -0.05) is 12.2 Å². The van der Waals surface area contributed by atoms with Crippen molar-refractivity contribution >= 4 is 40.4 Å². The van der Waals surface area contributed by atoms with Gasteiger partial charge < -0.3 is 20.6 Å². The average Bonchev–Trinajstić information content (AvgIpc) is 3.11. The molecule has 2 heterocycles. The van der Waals surface area contributed by atoms with Gasteiger partial charge in [0.25, 0.3) is 17.7 Å². The Kier molecular flexibility index (Phi) is 9.19. The van der Waals surface area contributed by atoms with Crippen molar-refractivity contribution < 1.29 is 36.6 Å². The molecule has 14 heteroatoms. The number of anilines is 1. The first-order valence-electron chi connectivity index (χ1n) is 13.3. The van der Waals surface area contributed by atoms with Gasteiger partial charge >= 0.3 is 6.18 Å². The maximum absolute atomic E-state index is 14.3. The number of carbonyl (C=O) groups is 2. The van der Waals surface area contributed by atoms with Crippen molar-refractivity contribution in [2.24, 2.45) is 4.99 Å². The molecule has 228 valence electrons. The summed E-state index contributed by atoms with van der Waals surface area (Å²) in [6.07, 6.45) is -2.21. The van der Waals surface area contributed by atoms with E-state index in [4.69, 9.17) is 12.2 Å². The number of nitrogens with one attached hydrogen (secondary N) is 2. The van der Waals surface area contributed by atoms with Gasteiger partial charge in [0.05, 0.1) is 34.3 Å². The number of aliphatic imine (C=N–C) groups is 1. The van der Waals surface area contributed by atoms with Gasteiger partial charge in [0.1, 0.15) is 5.82 Å². The molecule has 1 aromatic heterocycles. The van der Waals surface area contributed by atoms with Gasteiger partial charge in [-0.25, -0.2) is 13.8 Å². The number of thiocarbonyl (C=S) groups is 1. The van der Waals surface area contributed by atoms with E-state index in [0.29, 0.717) is 0 Å². The van der Waals surface area contributed by atoms with Crippen molar-refractivity contribution in [1.29, 1.82) is 0 Å². The van der Waals surface area contributed by atoms with Crippen LogP contribution in [0, 0.1) is 0 Å². The Labute approximate surface area is 241 Å². The van der Waals surface area contributed by atoms with Crippen LogP contribution in [0.2, 0.25) is 0 Å². The molecule has 1 aliphatic heterocycles. The highest BCUT2D eigenvalue weighted by Gasteiger charge is 2.48. The molecule has 2 amide bonds. The van der Waals surface area contributed by atoms with Crippen molar-refractivity contribution in [2.75, 3.05) is 11.9 Å². The predicted molar refractivity (Wildman–Crippen MR) is 148 cm³/mol. The standard InChI is InChI=1S/C27H36F5N5O3S/c1-14-11-26(28,29)13-37(14)23(39)20(34-15(2)22(38)35-16(3)24(4,5)40)21(41)17-12-33-19(10-18(17)27(30,31)32)36-25(6)8-7-9-25/h10,12,14,16,20,40H,7-9,11,13H2,1-6H3,(H,33,36)(H,35,38)/t14-,16-,20?/m0/s1. The molecule has 2 aliphatic rings. The number of likely N-dealkylation sites (tertiary alicyclic amines) is 1. The van der Waals surface area contributed by atoms with Gasteiger partial charge in [-0.2, -0.15) is 13.2 Å². The number of halogens is 5. The normalized spacial score (nSPS) is 22.0. The molecule has 3 N–H and O–H groups in total. The van der Waals surface area contributed by atoms with E-state index >= 15 is 0 Å². The Hall–Kier alpha value is -2.74. The quantitative estimate of drug-likeness (QED) is 0.165. The van der Waals surface area contributed by atoms with Gasteiger partial charge in [-0.05, 0) is 66.9 Å². The van der Waals surface area contributed by atoms with Crippen LogP contribution in [0.3, 0.4) is 0 Å². The number of carbonyl (C=O) groups excluding carboxylic acids is 2. The van der Waals surface area contributed by atoms with Crippen LogP contribution >= 0.6 is 12.2 Å². The molecule has 0 radical (unpaired) electrons. The number of amides is 2. The highest BCUT2D eigenvalue weighted by molar-refractivity contribution is 7.81. The molecule has 0 bridgehead atoms. The highest BCUT2D eigenvalue weighted by Crippen LogP contribution is 2.38.